The lowest BCUT2D eigenvalue weighted by atomic mass is 9.92. The summed E-state index contributed by atoms with van der Waals surface area (Å²) in [6.07, 6.45) is -4.07. The smallest absolute Gasteiger partial charge is 0.298 e. The van der Waals surface area contributed by atoms with Crippen LogP contribution in [0.25, 0.3) is 0 Å². The van der Waals surface area contributed by atoms with Crippen molar-refractivity contribution in [2.45, 2.75) is 26.4 Å². The summed E-state index contributed by atoms with van der Waals surface area (Å²) in [5.74, 6) is -0.532. The summed E-state index contributed by atoms with van der Waals surface area (Å²) in [5.41, 5.74) is -1.09. The van der Waals surface area contributed by atoms with Crippen LogP contribution in [0.5, 0.6) is 0 Å². The first-order valence-corrected chi connectivity index (χ1v) is 5.02. The first-order chi connectivity index (χ1) is 7.82. The minimum Gasteiger partial charge on any atom is -0.298 e. The normalized spacial score (nSPS) is 11.4. The van der Waals surface area contributed by atoms with Crippen LogP contribution in [0.2, 0.25) is 0 Å². The molecular formula is C12H11F3O2. The van der Waals surface area contributed by atoms with Gasteiger partial charge in [-0.05, 0) is 25.0 Å². The minimum absolute atomic E-state index is 0.00218. The van der Waals surface area contributed by atoms with Gasteiger partial charge in [-0.2, -0.15) is 13.2 Å². The number of carbonyl (C=O) groups excluding carboxylic acids is 2. The summed E-state index contributed by atoms with van der Waals surface area (Å²) in [5, 5.41) is 0. The topological polar surface area (TPSA) is 34.1 Å². The van der Waals surface area contributed by atoms with Crippen molar-refractivity contribution in [2.24, 2.45) is 0 Å². The van der Waals surface area contributed by atoms with Gasteiger partial charge in [-0.3, -0.25) is 9.59 Å². The Labute approximate surface area is 96.4 Å². The monoisotopic (exact) mass is 244 g/mol. The fourth-order valence-corrected chi connectivity index (χ4v) is 1.81. The number of aldehydes is 1. The molecule has 0 saturated carbocycles. The van der Waals surface area contributed by atoms with E-state index in [4.69, 9.17) is 0 Å². The third-order valence-corrected chi connectivity index (χ3v) is 2.48. The van der Waals surface area contributed by atoms with Gasteiger partial charge in [0.25, 0.3) is 0 Å². The molecule has 92 valence electrons. The number of halogens is 3. The Morgan fingerprint density at radius 2 is 1.94 bits per heavy atom. The molecule has 0 atom stereocenters. The van der Waals surface area contributed by atoms with Crippen LogP contribution < -0.4 is 0 Å². The van der Waals surface area contributed by atoms with Gasteiger partial charge < -0.3 is 0 Å². The maximum Gasteiger partial charge on any atom is 0.416 e. The zero-order chi connectivity index (χ0) is 13.2. The molecule has 17 heavy (non-hydrogen) atoms. The number of rotatable bonds is 3. The Morgan fingerprint density at radius 1 is 1.35 bits per heavy atom. The molecule has 1 aromatic carbocycles. The second-order valence-corrected chi connectivity index (χ2v) is 3.58. The van der Waals surface area contributed by atoms with Gasteiger partial charge in [0, 0.05) is 11.1 Å². The van der Waals surface area contributed by atoms with Gasteiger partial charge in [0.2, 0.25) is 0 Å². The van der Waals surface area contributed by atoms with E-state index in [1.165, 1.54) is 6.92 Å². The van der Waals surface area contributed by atoms with E-state index < -0.39 is 17.5 Å². The average molecular weight is 244 g/mol. The fourth-order valence-electron chi connectivity index (χ4n) is 1.81. The predicted octanol–water partition coefficient (Wildman–Crippen LogP) is 3.28. The van der Waals surface area contributed by atoms with Crippen LogP contribution in [-0.4, -0.2) is 12.1 Å². The Bertz CT molecular complexity index is 462. The van der Waals surface area contributed by atoms with E-state index in [2.05, 4.69) is 0 Å². The third-order valence-electron chi connectivity index (χ3n) is 2.48. The molecule has 0 aliphatic rings. The second-order valence-electron chi connectivity index (χ2n) is 3.58. The fraction of sp³-hybridized carbons (Fsp3) is 0.333. The van der Waals surface area contributed by atoms with Crippen molar-refractivity contribution < 1.29 is 22.8 Å². The summed E-state index contributed by atoms with van der Waals surface area (Å²) in [6.45, 7) is 2.67. The van der Waals surface area contributed by atoms with E-state index >= 15 is 0 Å². The molecule has 0 fully saturated rings. The third kappa shape index (κ3) is 2.54. The Balaban J connectivity index is 3.64. The molecular weight excluding hydrogens is 233 g/mol. The molecule has 0 saturated heterocycles. The highest BCUT2D eigenvalue weighted by Crippen LogP contribution is 2.34. The van der Waals surface area contributed by atoms with Crippen molar-refractivity contribution in [3.05, 3.63) is 34.4 Å². The molecule has 5 heteroatoms. The second kappa shape index (κ2) is 4.69. The first-order valence-electron chi connectivity index (χ1n) is 5.02. The molecule has 0 spiro atoms. The first kappa shape index (κ1) is 13.4. The highest BCUT2D eigenvalue weighted by molar-refractivity contribution is 6.03. The standard InChI is InChI=1S/C12H11F3O2/c1-3-9-10(12(13,14)15)5-4-8(6-16)11(9)7(2)17/h4-6H,3H2,1-2H3. The molecule has 0 amide bonds. The number of Topliss-reactive ketones (excluding diaryl/α,β-unsaturated/α-hetero) is 1. The van der Waals surface area contributed by atoms with Gasteiger partial charge in [0.15, 0.2) is 12.1 Å². The summed E-state index contributed by atoms with van der Waals surface area (Å²) in [6, 6.07) is 1.88. The SMILES string of the molecule is CCc1c(C(F)(F)F)ccc(C=O)c1C(C)=O. The molecule has 2 nitrogen and oxygen atoms in total. The van der Waals surface area contributed by atoms with E-state index in [1.807, 2.05) is 0 Å². The van der Waals surface area contributed by atoms with Crippen LogP contribution in [0.4, 0.5) is 13.2 Å². The largest absolute Gasteiger partial charge is 0.416 e. The van der Waals surface area contributed by atoms with Gasteiger partial charge >= 0.3 is 6.18 Å². The number of alkyl halides is 3. The molecule has 0 radical (unpaired) electrons. The lowest BCUT2D eigenvalue weighted by Gasteiger charge is -2.15. The van der Waals surface area contributed by atoms with E-state index in [0.717, 1.165) is 19.1 Å². The lowest BCUT2D eigenvalue weighted by molar-refractivity contribution is -0.138. The van der Waals surface area contributed by atoms with Gasteiger partial charge in [-0.1, -0.05) is 13.0 Å². The zero-order valence-electron chi connectivity index (χ0n) is 9.39. The summed E-state index contributed by atoms with van der Waals surface area (Å²) in [4.78, 5) is 22.1. The van der Waals surface area contributed by atoms with E-state index in [1.54, 1.807) is 0 Å². The molecule has 0 N–H and O–H groups in total. The minimum atomic E-state index is -4.52. The quantitative estimate of drug-likeness (QED) is 0.604. The molecule has 0 unspecified atom stereocenters. The highest BCUT2D eigenvalue weighted by Gasteiger charge is 2.34. The van der Waals surface area contributed by atoms with Crippen LogP contribution in [0, 0.1) is 0 Å². The molecule has 1 aromatic rings. The molecule has 0 aromatic heterocycles. The van der Waals surface area contributed by atoms with E-state index in [0.29, 0.717) is 6.29 Å². The van der Waals surface area contributed by atoms with Crippen molar-refractivity contribution in [2.75, 3.05) is 0 Å². The van der Waals surface area contributed by atoms with Crippen molar-refractivity contribution in [1.82, 2.24) is 0 Å². The van der Waals surface area contributed by atoms with Crippen LogP contribution in [0.3, 0.4) is 0 Å². The maximum atomic E-state index is 12.7. The van der Waals surface area contributed by atoms with Crippen molar-refractivity contribution >= 4 is 12.1 Å². The van der Waals surface area contributed by atoms with E-state index in [9.17, 15) is 22.8 Å². The number of ketones is 1. The molecule has 0 heterocycles. The van der Waals surface area contributed by atoms with Crippen LogP contribution in [-0.2, 0) is 12.6 Å². The van der Waals surface area contributed by atoms with Crippen LogP contribution >= 0.6 is 0 Å². The van der Waals surface area contributed by atoms with Crippen molar-refractivity contribution in [1.29, 1.82) is 0 Å². The summed E-state index contributed by atoms with van der Waals surface area (Å²) < 4.78 is 38.1. The zero-order valence-corrected chi connectivity index (χ0v) is 9.39. The Morgan fingerprint density at radius 3 is 2.29 bits per heavy atom. The van der Waals surface area contributed by atoms with Gasteiger partial charge in [0.05, 0.1) is 5.56 Å². The average Bonchev–Trinajstić information content (AvgIpc) is 2.25. The van der Waals surface area contributed by atoms with E-state index in [-0.39, 0.29) is 23.1 Å². The van der Waals surface area contributed by atoms with Crippen molar-refractivity contribution in [3.63, 3.8) is 0 Å². The Kier molecular flexibility index (Phi) is 3.70. The van der Waals surface area contributed by atoms with Crippen LogP contribution in [0.15, 0.2) is 12.1 Å². The molecule has 0 aliphatic carbocycles. The van der Waals surface area contributed by atoms with Crippen molar-refractivity contribution in [3.8, 4) is 0 Å². The summed E-state index contributed by atoms with van der Waals surface area (Å²) in [7, 11) is 0. The lowest BCUT2D eigenvalue weighted by Crippen LogP contribution is -2.14. The van der Waals surface area contributed by atoms with Gasteiger partial charge in [-0.25, -0.2) is 0 Å². The van der Waals surface area contributed by atoms with Gasteiger partial charge in [0.1, 0.15) is 0 Å². The number of benzene rings is 1. The van der Waals surface area contributed by atoms with Crippen LogP contribution in [0.1, 0.15) is 45.7 Å². The molecule has 0 aliphatic heterocycles. The summed E-state index contributed by atoms with van der Waals surface area (Å²) >= 11 is 0. The maximum absolute atomic E-state index is 12.7. The molecule has 1 rings (SSSR count). The molecule has 0 bridgehead atoms. The number of carbonyl (C=O) groups is 2. The van der Waals surface area contributed by atoms with Gasteiger partial charge in [-0.15, -0.1) is 0 Å². The predicted molar refractivity (Wildman–Crippen MR) is 56.2 cm³/mol. The highest BCUT2D eigenvalue weighted by atomic mass is 19.4. The Hall–Kier alpha value is -1.65. The number of hydrogen-bond donors (Lipinski definition) is 0. The number of hydrogen-bond acceptors (Lipinski definition) is 2.